The Labute approximate surface area is 174 Å². The molecule has 0 radical (unpaired) electrons. The lowest BCUT2D eigenvalue weighted by molar-refractivity contribution is -0.122. The largest absolute Gasteiger partial charge is 0.293 e. The summed E-state index contributed by atoms with van der Waals surface area (Å²) in [5.74, 6) is -2.16. The highest BCUT2D eigenvalue weighted by Crippen LogP contribution is 2.39. The summed E-state index contributed by atoms with van der Waals surface area (Å²) in [4.78, 5) is 39.8. The van der Waals surface area contributed by atoms with E-state index in [1.807, 2.05) is 12.1 Å². The second kappa shape index (κ2) is 6.83. The number of amides is 2. The monoisotopic (exact) mass is 459 g/mol. The number of imide groups is 1. The molecule has 2 heterocycles. The van der Waals surface area contributed by atoms with Gasteiger partial charge in [0.15, 0.2) is 5.78 Å². The van der Waals surface area contributed by atoms with Crippen LogP contribution in [0.15, 0.2) is 52.0 Å². The van der Waals surface area contributed by atoms with Crippen molar-refractivity contribution in [1.82, 2.24) is 0 Å². The molecule has 142 valence electrons. The van der Waals surface area contributed by atoms with E-state index in [1.165, 1.54) is 11.9 Å². The molecule has 2 aromatic carbocycles. The molecule has 0 N–H and O–H groups in total. The Morgan fingerprint density at radius 2 is 1.79 bits per heavy atom. The lowest BCUT2D eigenvalue weighted by Gasteiger charge is -2.23. The fourth-order valence-corrected chi connectivity index (χ4v) is 4.02. The highest BCUT2D eigenvalue weighted by atomic mass is 79.9. The highest BCUT2D eigenvalue weighted by Gasteiger charge is 2.58. The summed E-state index contributed by atoms with van der Waals surface area (Å²) in [6.45, 7) is 3.10. The van der Waals surface area contributed by atoms with E-state index in [-0.39, 0.29) is 11.5 Å². The molecule has 8 heteroatoms. The first kappa shape index (κ1) is 18.8. The van der Waals surface area contributed by atoms with Gasteiger partial charge in [-0.15, -0.1) is 0 Å². The number of rotatable bonds is 3. The molecule has 1 saturated heterocycles. The van der Waals surface area contributed by atoms with Crippen LogP contribution in [0.1, 0.15) is 12.5 Å². The van der Waals surface area contributed by atoms with Crippen molar-refractivity contribution in [2.45, 2.75) is 19.9 Å². The molecule has 0 spiro atoms. The zero-order chi connectivity index (χ0) is 20.2. The van der Waals surface area contributed by atoms with Crippen LogP contribution in [0.4, 0.5) is 11.4 Å². The number of hydrogen-bond donors (Lipinski definition) is 0. The van der Waals surface area contributed by atoms with Crippen molar-refractivity contribution < 1.29 is 14.4 Å². The van der Waals surface area contributed by atoms with Crippen LogP contribution in [0.3, 0.4) is 0 Å². The van der Waals surface area contributed by atoms with Gasteiger partial charge in [-0.2, -0.15) is 5.10 Å². The van der Waals surface area contributed by atoms with E-state index in [0.29, 0.717) is 22.0 Å². The van der Waals surface area contributed by atoms with Crippen molar-refractivity contribution in [2.24, 2.45) is 11.0 Å². The van der Waals surface area contributed by atoms with E-state index in [2.05, 4.69) is 21.0 Å². The van der Waals surface area contributed by atoms with Crippen LogP contribution in [0, 0.1) is 12.8 Å². The number of hydrazone groups is 1. The standard InChI is InChI=1S/C20H15BrClN3O3/c1-10-14(22)4-3-5-15(10)24-19(27)16-17(11(2)26)23-25(18(16)20(24)28)13-8-6-12(21)7-9-13/h3-9,16,18H,1-2H3. The minimum absolute atomic E-state index is 0.0912. The fourth-order valence-electron chi connectivity index (χ4n) is 3.59. The number of benzene rings is 2. The van der Waals surface area contributed by atoms with Gasteiger partial charge >= 0.3 is 0 Å². The van der Waals surface area contributed by atoms with Gasteiger partial charge < -0.3 is 0 Å². The Hall–Kier alpha value is -2.51. The number of carbonyl (C=O) groups excluding carboxylic acids is 3. The van der Waals surface area contributed by atoms with Crippen molar-refractivity contribution in [3.63, 3.8) is 0 Å². The van der Waals surface area contributed by atoms with Gasteiger partial charge in [0, 0.05) is 16.4 Å². The summed E-state index contributed by atoms with van der Waals surface area (Å²) in [7, 11) is 0. The number of halogens is 2. The van der Waals surface area contributed by atoms with Crippen LogP contribution in [0.5, 0.6) is 0 Å². The molecule has 2 aliphatic rings. The molecular weight excluding hydrogens is 446 g/mol. The summed E-state index contributed by atoms with van der Waals surface area (Å²) in [6, 6.07) is 11.3. The van der Waals surface area contributed by atoms with E-state index < -0.39 is 23.8 Å². The van der Waals surface area contributed by atoms with Crippen molar-refractivity contribution in [2.75, 3.05) is 9.91 Å². The number of carbonyl (C=O) groups is 3. The van der Waals surface area contributed by atoms with E-state index >= 15 is 0 Å². The molecular formula is C20H15BrClN3O3. The van der Waals surface area contributed by atoms with Crippen LogP contribution in [0.25, 0.3) is 0 Å². The number of nitrogens with zero attached hydrogens (tertiary/aromatic N) is 3. The van der Waals surface area contributed by atoms with E-state index in [1.54, 1.807) is 37.3 Å². The van der Waals surface area contributed by atoms with Crippen molar-refractivity contribution >= 4 is 62.2 Å². The molecule has 2 unspecified atom stereocenters. The summed E-state index contributed by atoms with van der Waals surface area (Å²) in [5, 5.41) is 6.26. The molecule has 0 saturated carbocycles. The zero-order valence-corrected chi connectivity index (χ0v) is 17.4. The minimum Gasteiger partial charge on any atom is -0.293 e. The highest BCUT2D eigenvalue weighted by molar-refractivity contribution is 9.10. The molecule has 0 aromatic heterocycles. The minimum atomic E-state index is -0.938. The smallest absolute Gasteiger partial charge is 0.259 e. The topological polar surface area (TPSA) is 70.1 Å². The van der Waals surface area contributed by atoms with E-state index in [4.69, 9.17) is 11.6 Å². The number of Topliss-reactive ketones (excluding diaryl/α,β-unsaturated/α-hetero) is 1. The Kier molecular flexibility index (Phi) is 4.59. The number of anilines is 2. The third-order valence-electron chi connectivity index (χ3n) is 4.98. The fraction of sp³-hybridized carbons (Fsp3) is 0.200. The average molecular weight is 461 g/mol. The molecule has 28 heavy (non-hydrogen) atoms. The van der Waals surface area contributed by atoms with Crippen LogP contribution < -0.4 is 9.91 Å². The number of hydrogen-bond acceptors (Lipinski definition) is 5. The molecule has 2 amide bonds. The van der Waals surface area contributed by atoms with Gasteiger partial charge in [0.25, 0.3) is 5.91 Å². The number of ketones is 1. The normalized spacial score (nSPS) is 21.2. The van der Waals surface area contributed by atoms with Gasteiger partial charge in [0.05, 0.1) is 11.4 Å². The second-order valence-electron chi connectivity index (χ2n) is 6.68. The maximum atomic E-state index is 13.3. The molecule has 2 aliphatic heterocycles. The first-order chi connectivity index (χ1) is 13.3. The molecule has 2 aromatic rings. The molecule has 0 bridgehead atoms. The second-order valence-corrected chi connectivity index (χ2v) is 8.00. The Balaban J connectivity index is 1.83. The molecule has 1 fully saturated rings. The van der Waals surface area contributed by atoms with Gasteiger partial charge in [-0.25, -0.2) is 4.90 Å². The van der Waals surface area contributed by atoms with Gasteiger partial charge in [-0.1, -0.05) is 33.6 Å². The lowest BCUT2D eigenvalue weighted by atomic mass is 9.95. The summed E-state index contributed by atoms with van der Waals surface area (Å²) >= 11 is 9.56. The average Bonchev–Trinajstić information content (AvgIpc) is 3.16. The molecule has 2 atom stereocenters. The molecule has 0 aliphatic carbocycles. The summed E-state index contributed by atoms with van der Waals surface area (Å²) in [6.07, 6.45) is 0. The van der Waals surface area contributed by atoms with Gasteiger partial charge in [-0.05, 0) is 48.9 Å². The van der Waals surface area contributed by atoms with Gasteiger partial charge in [-0.3, -0.25) is 19.4 Å². The van der Waals surface area contributed by atoms with Crippen LogP contribution in [0.2, 0.25) is 5.02 Å². The first-order valence-electron chi connectivity index (χ1n) is 8.58. The third-order valence-corrected chi connectivity index (χ3v) is 5.92. The van der Waals surface area contributed by atoms with Gasteiger partial charge in [0.1, 0.15) is 17.7 Å². The Morgan fingerprint density at radius 1 is 1.11 bits per heavy atom. The van der Waals surface area contributed by atoms with Gasteiger partial charge in [0.2, 0.25) is 5.91 Å². The summed E-state index contributed by atoms with van der Waals surface area (Å²) < 4.78 is 0.868. The Bertz CT molecular complexity index is 1050. The van der Waals surface area contributed by atoms with Crippen molar-refractivity contribution in [3.8, 4) is 0 Å². The zero-order valence-electron chi connectivity index (χ0n) is 15.0. The van der Waals surface area contributed by atoms with Crippen molar-refractivity contribution in [1.29, 1.82) is 0 Å². The maximum absolute atomic E-state index is 13.3. The lowest BCUT2D eigenvalue weighted by Crippen LogP contribution is -2.39. The molecule has 6 nitrogen and oxygen atoms in total. The van der Waals surface area contributed by atoms with Crippen LogP contribution in [-0.2, 0) is 14.4 Å². The third kappa shape index (κ3) is 2.77. The molecule has 4 rings (SSSR count). The quantitative estimate of drug-likeness (QED) is 0.655. The maximum Gasteiger partial charge on any atom is 0.259 e. The number of fused-ring (bicyclic) bond motifs is 1. The SMILES string of the molecule is CC(=O)C1=NN(c2ccc(Br)cc2)C2C(=O)N(c3cccc(Cl)c3C)C(=O)C12. The predicted molar refractivity (Wildman–Crippen MR) is 111 cm³/mol. The van der Waals surface area contributed by atoms with Crippen LogP contribution in [-0.4, -0.2) is 29.4 Å². The summed E-state index contributed by atoms with van der Waals surface area (Å²) in [5.41, 5.74) is 1.77. The van der Waals surface area contributed by atoms with Crippen LogP contribution >= 0.6 is 27.5 Å². The van der Waals surface area contributed by atoms with Crippen molar-refractivity contribution in [3.05, 3.63) is 57.5 Å². The van der Waals surface area contributed by atoms with E-state index in [0.717, 1.165) is 9.37 Å². The Morgan fingerprint density at radius 3 is 2.43 bits per heavy atom. The van der Waals surface area contributed by atoms with E-state index in [9.17, 15) is 14.4 Å². The first-order valence-corrected chi connectivity index (χ1v) is 9.75. The predicted octanol–water partition coefficient (Wildman–Crippen LogP) is 3.73.